The maximum absolute atomic E-state index is 7.55. The predicted molar refractivity (Wildman–Crippen MR) is 88.8 cm³/mol. The summed E-state index contributed by atoms with van der Waals surface area (Å²) >= 11 is 5.07. The number of hydrogen-bond acceptors (Lipinski definition) is 4. The summed E-state index contributed by atoms with van der Waals surface area (Å²) in [6.07, 6.45) is 0. The van der Waals surface area contributed by atoms with Gasteiger partial charge in [0.25, 0.3) is 0 Å². The molecule has 1 aromatic heterocycles. The molecule has 19 heavy (non-hydrogen) atoms. The molecule has 1 aromatic carbocycles. The highest BCUT2D eigenvalue weighted by atomic mass is 32.1. The number of thiophene rings is 1. The first-order valence-corrected chi connectivity index (χ1v) is 7.59. The maximum Gasteiger partial charge on any atom is 0.133 e. The second kappa shape index (κ2) is 5.81. The van der Waals surface area contributed by atoms with Crippen LogP contribution in [-0.2, 0) is 18.4 Å². The Kier molecular flexibility index (Phi) is 4.34. The van der Waals surface area contributed by atoms with Crippen LogP contribution in [0.15, 0.2) is 18.2 Å². The molecule has 0 spiro atoms. The molecule has 4 nitrogen and oxygen atoms in total. The van der Waals surface area contributed by atoms with Gasteiger partial charge in [0.05, 0.1) is 4.88 Å². The van der Waals surface area contributed by atoms with E-state index in [1.54, 1.807) is 11.3 Å². The topological polar surface area (TPSA) is 87.9 Å². The standard InChI is InChI=1S/C13H18N4S2/c1-7(5-14)17-10-2-8(6-18)3-11-9(10)4-12(19-11)13(15)16/h2-4,7,17-18H,5-6,14H2,1H3,(H3,15,16)/p+1/t7-/m0/s1. The van der Waals surface area contributed by atoms with E-state index < -0.39 is 0 Å². The van der Waals surface area contributed by atoms with E-state index in [2.05, 4.69) is 30.1 Å². The fourth-order valence-electron chi connectivity index (χ4n) is 1.87. The molecule has 0 aliphatic heterocycles. The number of nitrogens with two attached hydrogens (primary N) is 2. The van der Waals surface area contributed by atoms with Gasteiger partial charge in [-0.2, -0.15) is 0 Å². The van der Waals surface area contributed by atoms with Crippen LogP contribution < -0.4 is 16.8 Å². The number of hydrogen-bond donors (Lipinski definition) is 4. The van der Waals surface area contributed by atoms with Crippen LogP contribution >= 0.6 is 11.3 Å². The average molecular weight is 295 g/mol. The third-order valence-electron chi connectivity index (χ3n) is 2.92. The Morgan fingerprint density at radius 2 is 2.21 bits per heavy atom. The summed E-state index contributed by atoms with van der Waals surface area (Å²) in [6.45, 7) is 2.62. The van der Waals surface area contributed by atoms with Crippen molar-refractivity contribution in [2.75, 3.05) is 11.9 Å². The third-order valence-corrected chi connectivity index (χ3v) is 4.45. The minimum Gasteiger partial charge on any atom is -0.383 e. The van der Waals surface area contributed by atoms with Crippen molar-refractivity contribution < 1.29 is 0 Å². The molecule has 0 unspecified atom stereocenters. The van der Waals surface area contributed by atoms with Crippen molar-refractivity contribution in [3.05, 3.63) is 28.6 Å². The average Bonchev–Trinajstić information content (AvgIpc) is 2.82. The Morgan fingerprint density at radius 1 is 1.47 bits per heavy atom. The van der Waals surface area contributed by atoms with E-state index in [-0.39, 0.29) is 11.9 Å². The zero-order chi connectivity index (χ0) is 14.0. The van der Waals surface area contributed by atoms with Gasteiger partial charge in [0, 0.05) is 33.9 Å². The van der Waals surface area contributed by atoms with Gasteiger partial charge in [0.1, 0.15) is 11.6 Å². The number of nitrogen functional groups attached to an aromatic ring is 1. The van der Waals surface area contributed by atoms with Gasteiger partial charge >= 0.3 is 0 Å². The number of rotatable bonds is 5. The minimum absolute atomic E-state index is 0.110. The summed E-state index contributed by atoms with van der Waals surface area (Å²) in [6, 6.07) is 6.40. The number of benzene rings is 1. The highest BCUT2D eigenvalue weighted by Crippen LogP contribution is 2.33. The van der Waals surface area contributed by atoms with Crippen LogP contribution in [0.5, 0.6) is 0 Å². The van der Waals surface area contributed by atoms with Crippen molar-refractivity contribution >= 4 is 45.6 Å². The largest absolute Gasteiger partial charge is 0.383 e. The zero-order valence-electron chi connectivity index (χ0n) is 10.8. The summed E-state index contributed by atoms with van der Waals surface area (Å²) in [5.74, 6) is 0.897. The number of fused-ring (bicyclic) bond motifs is 1. The molecule has 1 atom stereocenters. The number of amidine groups is 1. The van der Waals surface area contributed by atoms with E-state index in [9.17, 15) is 0 Å². The van der Waals surface area contributed by atoms with Gasteiger partial charge in [0.15, 0.2) is 0 Å². The minimum atomic E-state index is 0.110. The van der Waals surface area contributed by atoms with Crippen LogP contribution in [0.3, 0.4) is 0 Å². The van der Waals surface area contributed by atoms with Crippen LogP contribution in [0.4, 0.5) is 5.69 Å². The predicted octanol–water partition coefficient (Wildman–Crippen LogP) is 1.46. The molecule has 102 valence electrons. The van der Waals surface area contributed by atoms with E-state index in [1.165, 1.54) is 5.56 Å². The van der Waals surface area contributed by atoms with Crippen LogP contribution in [-0.4, -0.2) is 18.4 Å². The van der Waals surface area contributed by atoms with Gasteiger partial charge in [-0.3, -0.25) is 5.41 Å². The van der Waals surface area contributed by atoms with Crippen molar-refractivity contribution in [3.8, 4) is 0 Å². The number of anilines is 1. The van der Waals surface area contributed by atoms with Gasteiger partial charge in [-0.05, 0) is 37.8 Å². The Bertz CT molecular complexity index is 606. The van der Waals surface area contributed by atoms with Crippen molar-refractivity contribution in [1.82, 2.24) is 0 Å². The molecule has 0 saturated heterocycles. The van der Waals surface area contributed by atoms with E-state index in [4.69, 9.17) is 16.9 Å². The normalized spacial score (nSPS) is 12.6. The molecule has 0 bridgehead atoms. The molecule has 0 aliphatic carbocycles. The molecule has 6 N–H and O–H groups in total. The lowest BCUT2D eigenvalue weighted by Crippen LogP contribution is -2.25. The molecular formula is C13H19N4S2+. The van der Waals surface area contributed by atoms with E-state index in [0.29, 0.717) is 6.54 Å². The smallest absolute Gasteiger partial charge is 0.133 e. The SMILES string of the molecule is C[C@@H](CN)Nc1cc(C[SH2+])cc2sc(C(=N)N)cc12. The molecule has 0 radical (unpaired) electrons. The fourth-order valence-corrected chi connectivity index (χ4v) is 3.09. The molecule has 6 heteroatoms. The van der Waals surface area contributed by atoms with Crippen LogP contribution in [0, 0.1) is 5.41 Å². The van der Waals surface area contributed by atoms with E-state index in [0.717, 1.165) is 26.4 Å². The maximum atomic E-state index is 7.55. The van der Waals surface area contributed by atoms with Gasteiger partial charge in [-0.15, -0.1) is 11.3 Å². The quantitative estimate of drug-likeness (QED) is 0.382. The van der Waals surface area contributed by atoms with Gasteiger partial charge in [0.2, 0.25) is 0 Å². The number of nitrogens with one attached hydrogen (secondary N) is 2. The van der Waals surface area contributed by atoms with Gasteiger partial charge in [-0.1, -0.05) is 0 Å². The Hall–Kier alpha value is -1.24. The van der Waals surface area contributed by atoms with Gasteiger partial charge < -0.3 is 16.8 Å². The van der Waals surface area contributed by atoms with Crippen LogP contribution in [0.2, 0.25) is 0 Å². The molecule has 2 rings (SSSR count). The highest BCUT2D eigenvalue weighted by Gasteiger charge is 2.12. The molecule has 1 heterocycles. The Labute approximate surface area is 122 Å². The first-order valence-electron chi connectivity index (χ1n) is 6.07. The van der Waals surface area contributed by atoms with Gasteiger partial charge in [-0.25, -0.2) is 0 Å². The van der Waals surface area contributed by atoms with Crippen molar-refractivity contribution in [2.24, 2.45) is 11.5 Å². The van der Waals surface area contributed by atoms with Crippen molar-refractivity contribution in [1.29, 1.82) is 5.41 Å². The van der Waals surface area contributed by atoms with E-state index >= 15 is 0 Å². The fraction of sp³-hybridized carbons (Fsp3) is 0.308. The Morgan fingerprint density at radius 3 is 2.79 bits per heavy atom. The Balaban J connectivity index is 2.55. The lowest BCUT2D eigenvalue weighted by Gasteiger charge is -2.14. The first-order chi connectivity index (χ1) is 9.05. The summed E-state index contributed by atoms with van der Waals surface area (Å²) in [5, 5.41) is 12.1. The molecule has 0 aliphatic rings. The zero-order valence-corrected chi connectivity index (χ0v) is 12.6. The molecule has 0 fully saturated rings. The van der Waals surface area contributed by atoms with Crippen LogP contribution in [0.1, 0.15) is 17.4 Å². The molecule has 0 amide bonds. The molecule has 2 aromatic rings. The summed E-state index contributed by atoms with van der Waals surface area (Å²) in [4.78, 5) is 0.796. The van der Waals surface area contributed by atoms with Crippen molar-refractivity contribution in [2.45, 2.75) is 18.7 Å². The highest BCUT2D eigenvalue weighted by molar-refractivity contribution is 7.57. The summed E-state index contributed by atoms with van der Waals surface area (Å²) in [7, 11) is 0. The molecular weight excluding hydrogens is 276 g/mol. The third kappa shape index (κ3) is 3.02. The monoisotopic (exact) mass is 295 g/mol. The van der Waals surface area contributed by atoms with Crippen LogP contribution in [0.25, 0.3) is 10.1 Å². The van der Waals surface area contributed by atoms with E-state index in [1.807, 2.05) is 13.0 Å². The summed E-state index contributed by atoms with van der Waals surface area (Å²) < 4.78 is 1.13. The lowest BCUT2D eigenvalue weighted by molar-refractivity contribution is 0.805. The lowest BCUT2D eigenvalue weighted by atomic mass is 10.1. The second-order valence-corrected chi connectivity index (χ2v) is 5.97. The van der Waals surface area contributed by atoms with Crippen molar-refractivity contribution in [3.63, 3.8) is 0 Å². The second-order valence-electron chi connectivity index (χ2n) is 4.54. The molecule has 0 saturated carbocycles. The summed E-state index contributed by atoms with van der Waals surface area (Å²) in [5.41, 5.74) is 13.5. The first kappa shape index (κ1) is 14.2.